The first kappa shape index (κ1) is 12.8. The number of aromatic nitrogens is 2. The summed E-state index contributed by atoms with van der Waals surface area (Å²) in [6, 6.07) is 10.6. The number of H-pyrrole nitrogens is 1. The predicted molar refractivity (Wildman–Crippen MR) is 75.3 cm³/mol. The summed E-state index contributed by atoms with van der Waals surface area (Å²) in [4.78, 5) is 7.91. The van der Waals surface area contributed by atoms with Crippen molar-refractivity contribution in [3.63, 3.8) is 0 Å². The molecule has 0 aliphatic heterocycles. The average molecular weight is 243 g/mol. The number of nitrogens with one attached hydrogen (secondary N) is 2. The molecule has 0 saturated carbocycles. The monoisotopic (exact) mass is 243 g/mol. The number of nitrogens with zero attached hydrogens (tertiary/aromatic N) is 1. The van der Waals surface area contributed by atoms with Crippen LogP contribution in [0.15, 0.2) is 36.5 Å². The van der Waals surface area contributed by atoms with Crippen molar-refractivity contribution in [1.29, 1.82) is 0 Å². The quantitative estimate of drug-likeness (QED) is 0.815. The number of unbranched alkanes of at least 4 members (excludes halogenated alkanes) is 1. The van der Waals surface area contributed by atoms with Gasteiger partial charge in [0.2, 0.25) is 0 Å². The van der Waals surface area contributed by atoms with Gasteiger partial charge in [-0.3, -0.25) is 0 Å². The van der Waals surface area contributed by atoms with Crippen molar-refractivity contribution >= 4 is 0 Å². The standard InChI is InChI=1S/C15H21N3/c1-3-4-10-13(16-2)15-17-11-14(18-15)12-8-6-5-7-9-12/h5-9,11,13,16H,3-4,10H2,1-2H3,(H,17,18)/t13-/m0/s1. The minimum absolute atomic E-state index is 0.322. The highest BCUT2D eigenvalue weighted by Gasteiger charge is 2.12. The molecular weight excluding hydrogens is 222 g/mol. The van der Waals surface area contributed by atoms with Crippen LogP contribution in [0.5, 0.6) is 0 Å². The van der Waals surface area contributed by atoms with Gasteiger partial charge in [-0.2, -0.15) is 0 Å². The number of hydrogen-bond donors (Lipinski definition) is 2. The zero-order chi connectivity index (χ0) is 12.8. The molecule has 1 aromatic heterocycles. The van der Waals surface area contributed by atoms with Crippen LogP contribution in [0.2, 0.25) is 0 Å². The van der Waals surface area contributed by atoms with Crippen molar-refractivity contribution in [1.82, 2.24) is 15.3 Å². The Morgan fingerprint density at radius 3 is 2.72 bits per heavy atom. The summed E-state index contributed by atoms with van der Waals surface area (Å²) in [5, 5.41) is 3.32. The number of rotatable bonds is 6. The highest BCUT2D eigenvalue weighted by atomic mass is 15.0. The van der Waals surface area contributed by atoms with Crippen LogP contribution in [0.1, 0.15) is 38.1 Å². The van der Waals surface area contributed by atoms with Gasteiger partial charge in [0, 0.05) is 0 Å². The van der Waals surface area contributed by atoms with Gasteiger partial charge in [-0.05, 0) is 19.0 Å². The van der Waals surface area contributed by atoms with Gasteiger partial charge in [-0.1, -0.05) is 50.1 Å². The third-order valence-electron chi connectivity index (χ3n) is 3.21. The van der Waals surface area contributed by atoms with E-state index in [1.807, 2.05) is 31.4 Å². The van der Waals surface area contributed by atoms with E-state index in [4.69, 9.17) is 0 Å². The molecule has 1 heterocycles. The number of hydrogen-bond acceptors (Lipinski definition) is 2. The fourth-order valence-electron chi connectivity index (χ4n) is 2.10. The van der Waals surface area contributed by atoms with Gasteiger partial charge >= 0.3 is 0 Å². The summed E-state index contributed by atoms with van der Waals surface area (Å²) in [5.41, 5.74) is 2.27. The Hall–Kier alpha value is -1.61. The summed E-state index contributed by atoms with van der Waals surface area (Å²) in [5.74, 6) is 1.03. The SMILES string of the molecule is CCCC[C@H](NC)c1ncc(-c2ccccc2)[nH]1. The van der Waals surface area contributed by atoms with Gasteiger partial charge in [0.1, 0.15) is 5.82 Å². The Balaban J connectivity index is 2.14. The Labute approximate surface area is 109 Å². The van der Waals surface area contributed by atoms with E-state index in [0.29, 0.717) is 6.04 Å². The molecule has 2 aromatic rings. The molecule has 3 nitrogen and oxygen atoms in total. The second-order valence-electron chi connectivity index (χ2n) is 4.53. The van der Waals surface area contributed by atoms with Gasteiger partial charge in [0.05, 0.1) is 17.9 Å². The molecule has 1 atom stereocenters. The summed E-state index contributed by atoms with van der Waals surface area (Å²) < 4.78 is 0. The molecule has 96 valence electrons. The van der Waals surface area contributed by atoms with Crippen LogP contribution in [0.3, 0.4) is 0 Å². The molecule has 0 aliphatic carbocycles. The molecule has 2 rings (SSSR count). The molecule has 0 aliphatic rings. The normalized spacial score (nSPS) is 12.6. The summed E-state index contributed by atoms with van der Waals surface area (Å²) in [6.45, 7) is 2.21. The summed E-state index contributed by atoms with van der Waals surface area (Å²) in [7, 11) is 1.99. The van der Waals surface area contributed by atoms with E-state index in [-0.39, 0.29) is 0 Å². The van der Waals surface area contributed by atoms with Crippen molar-refractivity contribution in [2.75, 3.05) is 7.05 Å². The van der Waals surface area contributed by atoms with E-state index in [1.54, 1.807) is 0 Å². The van der Waals surface area contributed by atoms with E-state index >= 15 is 0 Å². The minimum Gasteiger partial charge on any atom is -0.341 e. The Kier molecular flexibility index (Phi) is 4.53. The topological polar surface area (TPSA) is 40.7 Å². The fourth-order valence-corrected chi connectivity index (χ4v) is 2.10. The highest BCUT2D eigenvalue weighted by Crippen LogP contribution is 2.21. The zero-order valence-corrected chi connectivity index (χ0v) is 11.1. The maximum absolute atomic E-state index is 4.50. The highest BCUT2D eigenvalue weighted by molar-refractivity contribution is 5.58. The smallest absolute Gasteiger partial charge is 0.123 e. The Morgan fingerprint density at radius 2 is 2.06 bits per heavy atom. The summed E-state index contributed by atoms with van der Waals surface area (Å²) in [6.07, 6.45) is 5.47. The van der Waals surface area contributed by atoms with E-state index < -0.39 is 0 Å². The molecule has 0 unspecified atom stereocenters. The molecule has 0 spiro atoms. The van der Waals surface area contributed by atoms with Gasteiger partial charge in [-0.15, -0.1) is 0 Å². The lowest BCUT2D eigenvalue weighted by molar-refractivity contribution is 0.502. The predicted octanol–water partition coefficient (Wildman–Crippen LogP) is 3.53. The van der Waals surface area contributed by atoms with E-state index in [9.17, 15) is 0 Å². The maximum atomic E-state index is 4.50. The van der Waals surface area contributed by atoms with Crippen LogP contribution in [-0.4, -0.2) is 17.0 Å². The molecular formula is C15H21N3. The van der Waals surface area contributed by atoms with Crippen LogP contribution >= 0.6 is 0 Å². The van der Waals surface area contributed by atoms with Gasteiger partial charge in [0.15, 0.2) is 0 Å². The van der Waals surface area contributed by atoms with Crippen LogP contribution in [0.25, 0.3) is 11.3 Å². The van der Waals surface area contributed by atoms with Crippen molar-refractivity contribution in [2.24, 2.45) is 0 Å². The largest absolute Gasteiger partial charge is 0.341 e. The number of imidazole rings is 1. The van der Waals surface area contributed by atoms with E-state index in [1.165, 1.54) is 18.4 Å². The third-order valence-corrected chi connectivity index (χ3v) is 3.21. The fraction of sp³-hybridized carbons (Fsp3) is 0.400. The molecule has 0 saturated heterocycles. The summed E-state index contributed by atoms with van der Waals surface area (Å²) >= 11 is 0. The Morgan fingerprint density at radius 1 is 1.28 bits per heavy atom. The van der Waals surface area contributed by atoms with Crippen molar-refractivity contribution in [2.45, 2.75) is 32.2 Å². The van der Waals surface area contributed by atoms with Crippen LogP contribution in [0.4, 0.5) is 0 Å². The molecule has 0 amide bonds. The van der Waals surface area contributed by atoms with Gasteiger partial charge in [-0.25, -0.2) is 4.98 Å². The first-order valence-electron chi connectivity index (χ1n) is 6.62. The zero-order valence-electron chi connectivity index (χ0n) is 11.1. The van der Waals surface area contributed by atoms with Gasteiger partial charge < -0.3 is 10.3 Å². The first-order valence-corrected chi connectivity index (χ1v) is 6.62. The van der Waals surface area contributed by atoms with Crippen molar-refractivity contribution < 1.29 is 0 Å². The molecule has 18 heavy (non-hydrogen) atoms. The molecule has 0 bridgehead atoms. The average Bonchev–Trinajstić information content (AvgIpc) is 2.90. The molecule has 2 N–H and O–H groups in total. The number of benzene rings is 1. The maximum Gasteiger partial charge on any atom is 0.123 e. The second-order valence-corrected chi connectivity index (χ2v) is 4.53. The lowest BCUT2D eigenvalue weighted by Crippen LogP contribution is -2.17. The second kappa shape index (κ2) is 6.36. The molecule has 3 heteroatoms. The molecule has 0 radical (unpaired) electrons. The van der Waals surface area contributed by atoms with Crippen LogP contribution in [-0.2, 0) is 0 Å². The van der Waals surface area contributed by atoms with Crippen LogP contribution < -0.4 is 5.32 Å². The van der Waals surface area contributed by atoms with E-state index in [0.717, 1.165) is 17.9 Å². The lowest BCUT2D eigenvalue weighted by atomic mass is 10.1. The molecule has 0 fully saturated rings. The Bertz CT molecular complexity index is 462. The number of aromatic amines is 1. The third kappa shape index (κ3) is 2.99. The van der Waals surface area contributed by atoms with Gasteiger partial charge in [0.25, 0.3) is 0 Å². The van der Waals surface area contributed by atoms with Crippen molar-refractivity contribution in [3.05, 3.63) is 42.4 Å². The molecule has 1 aromatic carbocycles. The van der Waals surface area contributed by atoms with Crippen molar-refractivity contribution in [3.8, 4) is 11.3 Å². The first-order chi connectivity index (χ1) is 8.85. The van der Waals surface area contributed by atoms with Crippen LogP contribution in [0, 0.1) is 0 Å². The van der Waals surface area contributed by atoms with E-state index in [2.05, 4.69) is 34.3 Å². The lowest BCUT2D eigenvalue weighted by Gasteiger charge is -2.12. The minimum atomic E-state index is 0.322.